The molecule has 0 aromatic heterocycles. The van der Waals surface area contributed by atoms with Crippen LogP contribution in [-0.2, 0) is 23.9 Å². The molecule has 0 aromatic carbocycles. The maximum atomic E-state index is 14.3. The monoisotopic (exact) mass is 560 g/mol. The van der Waals surface area contributed by atoms with Gasteiger partial charge in [-0.05, 0) is 62.7 Å². The third-order valence-electron chi connectivity index (χ3n) is 12.0. The molecule has 0 heterocycles. The Balaban J connectivity index is 1.70. The van der Waals surface area contributed by atoms with Crippen molar-refractivity contribution in [1.29, 1.82) is 0 Å². The van der Waals surface area contributed by atoms with E-state index in [4.69, 9.17) is 4.74 Å². The summed E-state index contributed by atoms with van der Waals surface area (Å²) in [5.41, 5.74) is -4.98. The van der Waals surface area contributed by atoms with E-state index >= 15 is 0 Å². The van der Waals surface area contributed by atoms with Gasteiger partial charge in [-0.25, -0.2) is 0 Å². The lowest BCUT2D eigenvalue weighted by Crippen LogP contribution is -2.65. The maximum absolute atomic E-state index is 14.3. The summed E-state index contributed by atoms with van der Waals surface area (Å²) in [6.45, 7) is 15.8. The number of carbonyl (C=O) groups is 4. The first-order chi connectivity index (χ1) is 18.1. The van der Waals surface area contributed by atoms with Crippen molar-refractivity contribution in [2.24, 2.45) is 39.4 Å². The number of Topliss-reactive ketones (excluding diaryl/α,β-unsaturated/α-hetero) is 3. The van der Waals surface area contributed by atoms with E-state index in [0.717, 1.165) is 5.57 Å². The Morgan fingerprint density at radius 3 is 2.23 bits per heavy atom. The molecule has 0 aromatic rings. The normalized spacial score (nSPS) is 42.2. The quantitative estimate of drug-likeness (QED) is 0.330. The van der Waals surface area contributed by atoms with Gasteiger partial charge in [0.05, 0.1) is 6.10 Å². The first-order valence-corrected chi connectivity index (χ1v) is 14.7. The molecule has 8 nitrogen and oxygen atoms in total. The number of hydrogen-bond acceptors (Lipinski definition) is 8. The molecule has 4 aliphatic carbocycles. The molecule has 9 atom stereocenters. The van der Waals surface area contributed by atoms with Gasteiger partial charge in [0.2, 0.25) is 0 Å². The van der Waals surface area contributed by atoms with Gasteiger partial charge in [0.1, 0.15) is 23.1 Å². The molecular weight excluding hydrogens is 512 g/mol. The summed E-state index contributed by atoms with van der Waals surface area (Å²) in [5, 5.41) is 34.0. The number of ether oxygens (including phenoxy) is 1. The van der Waals surface area contributed by atoms with E-state index in [9.17, 15) is 34.5 Å². The molecule has 3 N–H and O–H groups in total. The van der Waals surface area contributed by atoms with Crippen LogP contribution in [0.4, 0.5) is 0 Å². The number of esters is 1. The molecule has 0 amide bonds. The molecule has 0 aliphatic heterocycles. The van der Waals surface area contributed by atoms with Crippen LogP contribution >= 0.6 is 0 Å². The zero-order valence-corrected chi connectivity index (χ0v) is 25.6. The van der Waals surface area contributed by atoms with E-state index < -0.39 is 62.7 Å². The van der Waals surface area contributed by atoms with Gasteiger partial charge in [-0.15, -0.1) is 0 Å². The molecule has 0 bridgehead atoms. The Kier molecular flexibility index (Phi) is 7.22. The van der Waals surface area contributed by atoms with E-state index in [1.807, 2.05) is 27.7 Å². The number of ketones is 3. The molecule has 224 valence electrons. The van der Waals surface area contributed by atoms with E-state index in [1.54, 1.807) is 13.8 Å². The smallest absolute Gasteiger partial charge is 0.303 e. The number of allylic oxidation sites excluding steroid dienone is 1. The highest BCUT2D eigenvalue weighted by atomic mass is 16.6. The van der Waals surface area contributed by atoms with Gasteiger partial charge in [-0.1, -0.05) is 46.3 Å². The molecule has 4 aliphatic rings. The Morgan fingerprint density at radius 2 is 1.65 bits per heavy atom. The van der Waals surface area contributed by atoms with Crippen molar-refractivity contribution in [3.05, 3.63) is 11.6 Å². The summed E-state index contributed by atoms with van der Waals surface area (Å²) in [6.07, 6.45) is 1.17. The van der Waals surface area contributed by atoms with Crippen molar-refractivity contribution in [1.82, 2.24) is 0 Å². The van der Waals surface area contributed by atoms with Crippen LogP contribution in [0.25, 0.3) is 0 Å². The highest BCUT2D eigenvalue weighted by Gasteiger charge is 2.74. The molecule has 40 heavy (non-hydrogen) atoms. The minimum Gasteiger partial charge on any atom is -0.460 e. The van der Waals surface area contributed by atoms with E-state index in [2.05, 4.69) is 13.0 Å². The molecule has 8 heteroatoms. The number of hydrogen-bond donors (Lipinski definition) is 3. The summed E-state index contributed by atoms with van der Waals surface area (Å²) >= 11 is 0. The van der Waals surface area contributed by atoms with Gasteiger partial charge in [-0.3, -0.25) is 19.2 Å². The van der Waals surface area contributed by atoms with E-state index in [1.165, 1.54) is 13.8 Å². The molecule has 0 radical (unpaired) electrons. The lowest BCUT2D eigenvalue weighted by Gasteiger charge is -2.64. The van der Waals surface area contributed by atoms with Crippen molar-refractivity contribution < 1.29 is 39.2 Å². The fraction of sp³-hybridized carbons (Fsp3) is 0.812. The summed E-state index contributed by atoms with van der Waals surface area (Å²) in [4.78, 5) is 52.2. The van der Waals surface area contributed by atoms with Crippen LogP contribution in [-0.4, -0.2) is 62.0 Å². The van der Waals surface area contributed by atoms with Crippen LogP contribution in [0, 0.1) is 39.4 Å². The fourth-order valence-electron chi connectivity index (χ4n) is 9.63. The van der Waals surface area contributed by atoms with Crippen LogP contribution in [0.1, 0.15) is 101 Å². The Morgan fingerprint density at radius 1 is 1.05 bits per heavy atom. The third-order valence-corrected chi connectivity index (χ3v) is 12.0. The lowest BCUT2D eigenvalue weighted by atomic mass is 9.38. The van der Waals surface area contributed by atoms with Gasteiger partial charge in [-0.2, -0.15) is 0 Å². The molecule has 0 unspecified atom stereocenters. The topological polar surface area (TPSA) is 138 Å². The third kappa shape index (κ3) is 4.18. The predicted octanol–water partition coefficient (Wildman–Crippen LogP) is 3.72. The number of fused-ring (bicyclic) bond motifs is 5. The number of rotatable bonds is 6. The van der Waals surface area contributed by atoms with Crippen molar-refractivity contribution in [2.75, 3.05) is 0 Å². The van der Waals surface area contributed by atoms with Crippen LogP contribution in [0.5, 0.6) is 0 Å². The average molecular weight is 561 g/mol. The van der Waals surface area contributed by atoms with Gasteiger partial charge in [0.25, 0.3) is 0 Å². The van der Waals surface area contributed by atoms with Crippen LogP contribution in [0.2, 0.25) is 0 Å². The molecule has 3 saturated carbocycles. The molecule has 3 fully saturated rings. The van der Waals surface area contributed by atoms with Crippen molar-refractivity contribution in [3.8, 4) is 0 Å². The molecule has 0 saturated heterocycles. The Hall–Kier alpha value is -1.90. The van der Waals surface area contributed by atoms with Crippen LogP contribution in [0.3, 0.4) is 0 Å². The average Bonchev–Trinajstić information content (AvgIpc) is 3.01. The van der Waals surface area contributed by atoms with Gasteiger partial charge in [0.15, 0.2) is 11.6 Å². The maximum Gasteiger partial charge on any atom is 0.303 e. The van der Waals surface area contributed by atoms with Crippen LogP contribution in [0.15, 0.2) is 11.6 Å². The predicted molar refractivity (Wildman–Crippen MR) is 148 cm³/mol. The Bertz CT molecular complexity index is 1160. The van der Waals surface area contributed by atoms with E-state index in [0.29, 0.717) is 12.8 Å². The summed E-state index contributed by atoms with van der Waals surface area (Å²) in [7, 11) is 0. The Labute approximate surface area is 237 Å². The SMILES string of the molecule is CC(=O)OC(C)(C)CCC(=O)[C@](C)(O)[C@H]1[C@H](O)C[C@@]2(C)[C@@H]3CC=C4[C@@H](CC(=O)[C@H](O)C4(C)C)[C@]3(C)C(=O)C[C@]12C. The number of aliphatic hydroxyl groups is 3. The largest absolute Gasteiger partial charge is 0.460 e. The fourth-order valence-corrected chi connectivity index (χ4v) is 9.63. The van der Waals surface area contributed by atoms with Crippen molar-refractivity contribution >= 4 is 23.3 Å². The summed E-state index contributed by atoms with van der Waals surface area (Å²) in [6, 6.07) is 0. The molecule has 4 rings (SSSR count). The highest BCUT2D eigenvalue weighted by Crippen LogP contribution is 2.74. The van der Waals surface area contributed by atoms with Crippen molar-refractivity contribution in [2.45, 2.75) is 124 Å². The zero-order valence-electron chi connectivity index (χ0n) is 25.6. The highest BCUT2D eigenvalue weighted by molar-refractivity contribution is 5.93. The molecule has 0 spiro atoms. The lowest BCUT2D eigenvalue weighted by molar-refractivity contribution is -0.184. The van der Waals surface area contributed by atoms with Gasteiger partial charge in [0, 0.05) is 42.9 Å². The minimum absolute atomic E-state index is 0.0218. The standard InChI is InChI=1S/C32H48O8/c1-17(33)40-27(2,3)13-12-23(36)32(9,39)25-21(35)15-29(6)22-11-10-18-19(14-20(34)26(38)28(18,4)5)31(22,8)24(37)16-30(25,29)7/h10,19,21-22,25-26,35,38-39H,11-16H2,1-9H3/t19-,21-,22+,25+,26+,29+,30-,31+,32+/m1/s1. The van der Waals surface area contributed by atoms with E-state index in [-0.39, 0.29) is 49.1 Å². The summed E-state index contributed by atoms with van der Waals surface area (Å²) < 4.78 is 5.31. The minimum atomic E-state index is -1.91. The van der Waals surface area contributed by atoms with Gasteiger partial charge >= 0.3 is 5.97 Å². The number of carbonyl (C=O) groups excluding carboxylic acids is 4. The zero-order chi connectivity index (χ0) is 30.4. The first-order valence-electron chi connectivity index (χ1n) is 14.7. The van der Waals surface area contributed by atoms with Crippen molar-refractivity contribution in [3.63, 3.8) is 0 Å². The molecular formula is C32H48O8. The first kappa shape index (κ1) is 31.0. The second-order valence-electron chi connectivity index (χ2n) is 15.2. The van der Waals surface area contributed by atoms with Crippen LogP contribution < -0.4 is 0 Å². The second-order valence-corrected chi connectivity index (χ2v) is 15.2. The number of aliphatic hydroxyl groups excluding tert-OH is 2. The summed E-state index contributed by atoms with van der Waals surface area (Å²) in [5.74, 6) is -2.62. The second kappa shape index (κ2) is 9.30. The van der Waals surface area contributed by atoms with Gasteiger partial charge < -0.3 is 20.1 Å².